The van der Waals surface area contributed by atoms with Gasteiger partial charge in [0, 0.05) is 13.0 Å². The standard InChI is InChI=1S/C19H20N6O2/c1-11(2)15-8-14(23-19-21-10-22-25(15)19)18(27)24-9-13-6-4-3-5-12(13)7-16(24)17(20)26/h3-6,8,10-11,16H,7,9H2,1-2H3,(H2,20,26)/t16-/m1/s1. The predicted octanol–water partition coefficient (Wildman–Crippen LogP) is 1.30. The number of carbonyl (C=O) groups excluding carboxylic acids is 2. The Morgan fingerprint density at radius 1 is 1.22 bits per heavy atom. The number of aromatic nitrogens is 4. The first-order chi connectivity index (χ1) is 13.0. The number of fused-ring (bicyclic) bond motifs is 2. The van der Waals surface area contributed by atoms with Gasteiger partial charge in [0.15, 0.2) is 0 Å². The van der Waals surface area contributed by atoms with E-state index in [1.807, 2.05) is 38.1 Å². The molecular weight excluding hydrogens is 344 g/mol. The summed E-state index contributed by atoms with van der Waals surface area (Å²) in [6, 6.07) is 8.78. The molecule has 0 radical (unpaired) electrons. The number of carbonyl (C=O) groups is 2. The van der Waals surface area contributed by atoms with E-state index in [1.165, 1.54) is 11.2 Å². The molecule has 1 aliphatic rings. The van der Waals surface area contributed by atoms with Crippen LogP contribution in [0.3, 0.4) is 0 Å². The van der Waals surface area contributed by atoms with Crippen LogP contribution in [0.2, 0.25) is 0 Å². The van der Waals surface area contributed by atoms with Crippen molar-refractivity contribution < 1.29 is 9.59 Å². The van der Waals surface area contributed by atoms with Gasteiger partial charge in [-0.25, -0.2) is 9.50 Å². The molecule has 0 saturated heterocycles. The highest BCUT2D eigenvalue weighted by Crippen LogP contribution is 2.25. The third-order valence-electron chi connectivity index (χ3n) is 4.93. The minimum Gasteiger partial charge on any atom is -0.368 e. The Kier molecular flexibility index (Phi) is 4.10. The van der Waals surface area contributed by atoms with Gasteiger partial charge in [0.1, 0.15) is 18.1 Å². The van der Waals surface area contributed by atoms with Gasteiger partial charge in [0.2, 0.25) is 5.91 Å². The average Bonchev–Trinajstić information content (AvgIpc) is 3.13. The lowest BCUT2D eigenvalue weighted by Gasteiger charge is -2.35. The molecule has 2 aromatic heterocycles. The predicted molar refractivity (Wildman–Crippen MR) is 97.9 cm³/mol. The normalized spacial score (nSPS) is 16.6. The second-order valence-corrected chi connectivity index (χ2v) is 7.02. The lowest BCUT2D eigenvalue weighted by molar-refractivity contribution is -0.122. The summed E-state index contributed by atoms with van der Waals surface area (Å²) in [5, 5.41) is 4.17. The molecule has 3 heterocycles. The van der Waals surface area contributed by atoms with Gasteiger partial charge in [-0.15, -0.1) is 0 Å². The number of primary amides is 1. The Labute approximate surface area is 156 Å². The smallest absolute Gasteiger partial charge is 0.273 e. The van der Waals surface area contributed by atoms with Gasteiger partial charge >= 0.3 is 0 Å². The lowest BCUT2D eigenvalue weighted by atomic mass is 9.93. The summed E-state index contributed by atoms with van der Waals surface area (Å²) in [6.07, 6.45) is 1.81. The van der Waals surface area contributed by atoms with Crippen molar-refractivity contribution in [2.24, 2.45) is 5.73 Å². The Bertz CT molecular complexity index is 1040. The molecule has 4 rings (SSSR count). The van der Waals surface area contributed by atoms with Crippen molar-refractivity contribution in [3.05, 3.63) is 59.2 Å². The molecule has 8 nitrogen and oxygen atoms in total. The van der Waals surface area contributed by atoms with Crippen molar-refractivity contribution in [1.82, 2.24) is 24.5 Å². The van der Waals surface area contributed by atoms with Crippen molar-refractivity contribution in [2.75, 3.05) is 0 Å². The van der Waals surface area contributed by atoms with Crippen molar-refractivity contribution in [3.63, 3.8) is 0 Å². The highest BCUT2D eigenvalue weighted by molar-refractivity contribution is 5.96. The van der Waals surface area contributed by atoms with E-state index in [4.69, 9.17) is 5.73 Å². The Balaban J connectivity index is 1.77. The summed E-state index contributed by atoms with van der Waals surface area (Å²) in [6.45, 7) is 4.33. The van der Waals surface area contributed by atoms with E-state index in [2.05, 4.69) is 15.1 Å². The van der Waals surface area contributed by atoms with E-state index in [0.29, 0.717) is 18.7 Å². The zero-order valence-electron chi connectivity index (χ0n) is 15.2. The SMILES string of the molecule is CC(C)c1cc(C(=O)N2Cc3ccccc3C[C@@H]2C(N)=O)nc2ncnn12. The number of nitrogens with zero attached hydrogens (tertiary/aromatic N) is 5. The maximum atomic E-state index is 13.3. The molecule has 2 N–H and O–H groups in total. The topological polar surface area (TPSA) is 106 Å². The van der Waals surface area contributed by atoms with Crippen LogP contribution in [0, 0.1) is 0 Å². The lowest BCUT2D eigenvalue weighted by Crippen LogP contribution is -2.51. The second-order valence-electron chi connectivity index (χ2n) is 7.02. The first-order valence-electron chi connectivity index (χ1n) is 8.83. The molecular formula is C19H20N6O2. The molecule has 0 saturated carbocycles. The van der Waals surface area contributed by atoms with Gasteiger partial charge < -0.3 is 10.6 Å². The van der Waals surface area contributed by atoms with Crippen LogP contribution in [0.25, 0.3) is 5.78 Å². The van der Waals surface area contributed by atoms with E-state index in [9.17, 15) is 9.59 Å². The fourth-order valence-corrected chi connectivity index (χ4v) is 3.49. The second kappa shape index (κ2) is 6.46. The fraction of sp³-hybridized carbons (Fsp3) is 0.316. The van der Waals surface area contributed by atoms with Gasteiger partial charge in [0.25, 0.3) is 11.7 Å². The zero-order valence-corrected chi connectivity index (χ0v) is 15.2. The Morgan fingerprint density at radius 2 is 1.96 bits per heavy atom. The van der Waals surface area contributed by atoms with Gasteiger partial charge in [-0.05, 0) is 23.1 Å². The van der Waals surface area contributed by atoms with E-state index < -0.39 is 11.9 Å². The fourth-order valence-electron chi connectivity index (χ4n) is 3.49. The summed E-state index contributed by atoms with van der Waals surface area (Å²) >= 11 is 0. The number of hydrogen-bond donors (Lipinski definition) is 1. The summed E-state index contributed by atoms with van der Waals surface area (Å²) in [5.41, 5.74) is 8.72. The molecule has 0 fully saturated rings. The van der Waals surface area contributed by atoms with Crippen LogP contribution < -0.4 is 5.73 Å². The quantitative estimate of drug-likeness (QED) is 0.754. The highest BCUT2D eigenvalue weighted by atomic mass is 16.2. The Hall–Kier alpha value is -3.29. The zero-order chi connectivity index (χ0) is 19.1. The van der Waals surface area contributed by atoms with Crippen molar-refractivity contribution in [1.29, 1.82) is 0 Å². The van der Waals surface area contributed by atoms with Crippen LogP contribution in [-0.2, 0) is 17.8 Å². The molecule has 1 aromatic carbocycles. The minimum absolute atomic E-state index is 0.123. The van der Waals surface area contributed by atoms with Crippen molar-refractivity contribution in [3.8, 4) is 0 Å². The number of hydrogen-bond acceptors (Lipinski definition) is 5. The molecule has 2 amide bonds. The van der Waals surface area contributed by atoms with E-state index >= 15 is 0 Å². The number of nitrogens with two attached hydrogens (primary N) is 1. The molecule has 1 atom stereocenters. The first kappa shape index (κ1) is 17.1. The molecule has 0 aliphatic carbocycles. The van der Waals surface area contributed by atoms with Crippen LogP contribution in [0.15, 0.2) is 36.7 Å². The summed E-state index contributed by atoms with van der Waals surface area (Å²) in [5.74, 6) is -0.374. The van der Waals surface area contributed by atoms with Crippen LogP contribution in [0.1, 0.15) is 47.1 Å². The maximum Gasteiger partial charge on any atom is 0.273 e. The van der Waals surface area contributed by atoms with Gasteiger partial charge in [-0.3, -0.25) is 9.59 Å². The highest BCUT2D eigenvalue weighted by Gasteiger charge is 2.34. The van der Waals surface area contributed by atoms with Gasteiger partial charge in [-0.1, -0.05) is 38.1 Å². The minimum atomic E-state index is -0.703. The van der Waals surface area contributed by atoms with Crippen molar-refractivity contribution >= 4 is 17.6 Å². The molecule has 1 aliphatic heterocycles. The van der Waals surface area contributed by atoms with Crippen LogP contribution in [0.4, 0.5) is 0 Å². The molecule has 0 bridgehead atoms. The van der Waals surface area contributed by atoms with E-state index in [1.54, 1.807) is 10.6 Å². The first-order valence-corrected chi connectivity index (χ1v) is 8.83. The summed E-state index contributed by atoms with van der Waals surface area (Å²) < 4.78 is 1.62. The summed E-state index contributed by atoms with van der Waals surface area (Å²) in [7, 11) is 0. The molecule has 8 heteroatoms. The third kappa shape index (κ3) is 2.92. The average molecular weight is 364 g/mol. The van der Waals surface area contributed by atoms with Crippen molar-refractivity contribution in [2.45, 2.75) is 38.8 Å². The van der Waals surface area contributed by atoms with E-state index in [0.717, 1.165) is 16.8 Å². The molecule has 0 unspecified atom stereocenters. The largest absolute Gasteiger partial charge is 0.368 e. The summed E-state index contributed by atoms with van der Waals surface area (Å²) in [4.78, 5) is 35.3. The molecule has 0 spiro atoms. The Morgan fingerprint density at radius 3 is 2.67 bits per heavy atom. The van der Waals surface area contributed by atoms with Gasteiger partial charge in [0.05, 0.1) is 5.69 Å². The maximum absolute atomic E-state index is 13.3. The van der Waals surface area contributed by atoms with Crippen LogP contribution >= 0.6 is 0 Å². The van der Waals surface area contributed by atoms with Crippen LogP contribution in [0.5, 0.6) is 0 Å². The number of amides is 2. The number of rotatable bonds is 3. The monoisotopic (exact) mass is 364 g/mol. The molecule has 138 valence electrons. The van der Waals surface area contributed by atoms with Gasteiger partial charge in [-0.2, -0.15) is 10.1 Å². The van der Waals surface area contributed by atoms with Crippen LogP contribution in [-0.4, -0.2) is 42.3 Å². The third-order valence-corrected chi connectivity index (χ3v) is 4.93. The van der Waals surface area contributed by atoms with E-state index in [-0.39, 0.29) is 17.5 Å². The molecule has 27 heavy (non-hydrogen) atoms. The molecule has 3 aromatic rings. The number of benzene rings is 1.